The van der Waals surface area contributed by atoms with Crippen molar-refractivity contribution in [1.82, 2.24) is 9.78 Å². The first-order valence-electron chi connectivity index (χ1n) is 9.43. The SMILES string of the molecule is COc1cc(OC)cc(-n2nc(C(=O)Nc3ccc(F)cc3Cl)c3ccccc3c2=O)c1. The van der Waals surface area contributed by atoms with Gasteiger partial charge in [0, 0.05) is 23.6 Å². The van der Waals surface area contributed by atoms with Gasteiger partial charge < -0.3 is 14.8 Å². The molecule has 1 N–H and O–H groups in total. The first-order chi connectivity index (χ1) is 15.4. The molecule has 0 radical (unpaired) electrons. The average Bonchev–Trinajstić information content (AvgIpc) is 2.80. The number of ether oxygens (including phenoxy) is 2. The number of nitrogens with one attached hydrogen (secondary N) is 1. The van der Waals surface area contributed by atoms with Crippen LogP contribution in [-0.4, -0.2) is 29.9 Å². The summed E-state index contributed by atoms with van der Waals surface area (Å²) < 4.78 is 25.0. The van der Waals surface area contributed by atoms with Gasteiger partial charge in [-0.1, -0.05) is 29.8 Å². The van der Waals surface area contributed by atoms with Crippen LogP contribution in [0.15, 0.2) is 65.5 Å². The summed E-state index contributed by atoms with van der Waals surface area (Å²) in [4.78, 5) is 26.3. The van der Waals surface area contributed by atoms with Gasteiger partial charge in [-0.15, -0.1) is 0 Å². The highest BCUT2D eigenvalue weighted by atomic mass is 35.5. The summed E-state index contributed by atoms with van der Waals surface area (Å²) in [5, 5.41) is 7.64. The first kappa shape index (κ1) is 21.3. The van der Waals surface area contributed by atoms with Crippen LogP contribution in [0.3, 0.4) is 0 Å². The number of rotatable bonds is 5. The smallest absolute Gasteiger partial charge is 0.279 e. The zero-order chi connectivity index (χ0) is 22.8. The maximum absolute atomic E-state index is 13.4. The fraction of sp³-hybridized carbons (Fsp3) is 0.0870. The highest BCUT2D eigenvalue weighted by Gasteiger charge is 2.19. The standard InChI is InChI=1S/C23H17ClFN3O4/c1-31-15-10-14(11-16(12-15)32-2)28-23(30)18-6-4-3-5-17(18)21(27-28)22(29)26-20-8-7-13(25)9-19(20)24/h3-12H,1-2H3,(H,26,29). The molecule has 0 saturated heterocycles. The molecule has 0 saturated carbocycles. The van der Waals surface area contributed by atoms with Crippen LogP contribution < -0.4 is 20.3 Å². The van der Waals surface area contributed by atoms with E-state index < -0.39 is 17.3 Å². The van der Waals surface area contributed by atoms with E-state index in [4.69, 9.17) is 21.1 Å². The van der Waals surface area contributed by atoms with Crippen molar-refractivity contribution in [3.63, 3.8) is 0 Å². The van der Waals surface area contributed by atoms with Gasteiger partial charge in [-0.2, -0.15) is 9.78 Å². The van der Waals surface area contributed by atoms with Crippen molar-refractivity contribution < 1.29 is 18.7 Å². The lowest BCUT2D eigenvalue weighted by Crippen LogP contribution is -2.26. The first-order valence-corrected chi connectivity index (χ1v) is 9.81. The Hall–Kier alpha value is -3.91. The highest BCUT2D eigenvalue weighted by Crippen LogP contribution is 2.26. The van der Waals surface area contributed by atoms with Crippen molar-refractivity contribution in [1.29, 1.82) is 0 Å². The Balaban J connectivity index is 1.89. The number of nitrogens with zero attached hydrogens (tertiary/aromatic N) is 2. The van der Waals surface area contributed by atoms with E-state index in [2.05, 4.69) is 10.4 Å². The van der Waals surface area contributed by atoms with Crippen LogP contribution in [0, 0.1) is 5.82 Å². The van der Waals surface area contributed by atoms with E-state index in [-0.39, 0.29) is 16.4 Å². The molecule has 4 rings (SSSR count). The lowest BCUT2D eigenvalue weighted by atomic mass is 10.1. The molecule has 1 aromatic heterocycles. The molecule has 0 fully saturated rings. The van der Waals surface area contributed by atoms with Crippen LogP contribution in [0.1, 0.15) is 10.5 Å². The van der Waals surface area contributed by atoms with E-state index in [1.807, 2.05) is 0 Å². The fourth-order valence-corrected chi connectivity index (χ4v) is 3.43. The van der Waals surface area contributed by atoms with Gasteiger partial charge in [0.25, 0.3) is 11.5 Å². The van der Waals surface area contributed by atoms with Crippen molar-refractivity contribution in [2.75, 3.05) is 19.5 Å². The molecule has 0 unspecified atom stereocenters. The minimum absolute atomic E-state index is 0.0117. The predicted molar refractivity (Wildman–Crippen MR) is 120 cm³/mol. The Bertz CT molecular complexity index is 1380. The Morgan fingerprint density at radius 3 is 2.28 bits per heavy atom. The number of carbonyl (C=O) groups is 1. The van der Waals surface area contributed by atoms with Crippen molar-refractivity contribution >= 4 is 34.0 Å². The zero-order valence-electron chi connectivity index (χ0n) is 17.1. The lowest BCUT2D eigenvalue weighted by Gasteiger charge is -2.13. The molecule has 162 valence electrons. The molecule has 0 atom stereocenters. The maximum Gasteiger partial charge on any atom is 0.279 e. The average molecular weight is 454 g/mol. The van der Waals surface area contributed by atoms with Gasteiger partial charge >= 0.3 is 0 Å². The van der Waals surface area contributed by atoms with E-state index >= 15 is 0 Å². The zero-order valence-corrected chi connectivity index (χ0v) is 17.8. The Morgan fingerprint density at radius 2 is 1.66 bits per heavy atom. The molecule has 0 aliphatic heterocycles. The second-order valence-electron chi connectivity index (χ2n) is 6.76. The number of benzene rings is 3. The molecular weight excluding hydrogens is 437 g/mol. The topological polar surface area (TPSA) is 82.4 Å². The number of methoxy groups -OCH3 is 2. The number of aromatic nitrogens is 2. The molecule has 1 heterocycles. The van der Waals surface area contributed by atoms with Crippen LogP contribution in [0.2, 0.25) is 5.02 Å². The molecule has 0 aliphatic rings. The third kappa shape index (κ3) is 4.00. The summed E-state index contributed by atoms with van der Waals surface area (Å²) in [6.07, 6.45) is 0. The summed E-state index contributed by atoms with van der Waals surface area (Å²) in [6, 6.07) is 15.1. The van der Waals surface area contributed by atoms with Crippen LogP contribution in [0.25, 0.3) is 16.5 Å². The predicted octanol–water partition coefficient (Wildman–Crippen LogP) is 4.45. The van der Waals surface area contributed by atoms with Crippen LogP contribution in [-0.2, 0) is 0 Å². The van der Waals surface area contributed by atoms with Crippen LogP contribution in [0.5, 0.6) is 11.5 Å². The number of hydrogen-bond donors (Lipinski definition) is 1. The quantitative estimate of drug-likeness (QED) is 0.483. The monoisotopic (exact) mass is 453 g/mol. The van der Waals surface area contributed by atoms with E-state index in [0.29, 0.717) is 28.0 Å². The third-order valence-electron chi connectivity index (χ3n) is 4.78. The van der Waals surface area contributed by atoms with Gasteiger partial charge in [-0.25, -0.2) is 4.39 Å². The van der Waals surface area contributed by atoms with Gasteiger partial charge in [-0.3, -0.25) is 9.59 Å². The van der Waals surface area contributed by atoms with Gasteiger partial charge in [0.2, 0.25) is 0 Å². The van der Waals surface area contributed by atoms with Crippen molar-refractivity contribution in [3.8, 4) is 17.2 Å². The summed E-state index contributed by atoms with van der Waals surface area (Å²) >= 11 is 6.04. The van der Waals surface area contributed by atoms with Gasteiger partial charge in [0.15, 0.2) is 5.69 Å². The molecule has 1 amide bonds. The Labute approximate surface area is 187 Å². The van der Waals surface area contributed by atoms with E-state index in [1.54, 1.807) is 42.5 Å². The normalized spacial score (nSPS) is 10.8. The Kier molecular flexibility index (Phi) is 5.79. The summed E-state index contributed by atoms with van der Waals surface area (Å²) in [5.41, 5.74) is 0.130. The number of carbonyl (C=O) groups excluding carboxylic acids is 1. The third-order valence-corrected chi connectivity index (χ3v) is 5.09. The molecular formula is C23H17ClFN3O4. The molecule has 7 nitrogen and oxygen atoms in total. The number of halogens is 2. The maximum atomic E-state index is 13.4. The molecule has 0 aliphatic carbocycles. The van der Waals surface area contributed by atoms with Crippen molar-refractivity contribution in [2.24, 2.45) is 0 Å². The molecule has 0 bridgehead atoms. The summed E-state index contributed by atoms with van der Waals surface area (Å²) in [7, 11) is 2.97. The molecule has 32 heavy (non-hydrogen) atoms. The van der Waals surface area contributed by atoms with E-state index in [9.17, 15) is 14.0 Å². The molecule has 3 aromatic carbocycles. The summed E-state index contributed by atoms with van der Waals surface area (Å²) in [5.74, 6) is -0.244. The van der Waals surface area contributed by atoms with Crippen molar-refractivity contribution in [2.45, 2.75) is 0 Å². The Morgan fingerprint density at radius 1 is 1.00 bits per heavy atom. The second kappa shape index (κ2) is 8.68. The van der Waals surface area contributed by atoms with Crippen LogP contribution >= 0.6 is 11.6 Å². The largest absolute Gasteiger partial charge is 0.497 e. The van der Waals surface area contributed by atoms with Crippen molar-refractivity contribution in [3.05, 3.63) is 87.6 Å². The number of anilines is 1. The molecule has 9 heteroatoms. The number of hydrogen-bond acceptors (Lipinski definition) is 5. The fourth-order valence-electron chi connectivity index (χ4n) is 3.22. The molecule has 4 aromatic rings. The highest BCUT2D eigenvalue weighted by molar-refractivity contribution is 6.34. The summed E-state index contributed by atoms with van der Waals surface area (Å²) in [6.45, 7) is 0. The van der Waals surface area contributed by atoms with Gasteiger partial charge in [0.05, 0.1) is 36.0 Å². The van der Waals surface area contributed by atoms with Gasteiger partial charge in [-0.05, 0) is 24.3 Å². The number of amides is 1. The minimum atomic E-state index is -0.613. The molecule has 0 spiro atoms. The van der Waals surface area contributed by atoms with E-state index in [1.165, 1.54) is 26.4 Å². The van der Waals surface area contributed by atoms with E-state index in [0.717, 1.165) is 10.7 Å². The number of fused-ring (bicyclic) bond motifs is 1. The lowest BCUT2D eigenvalue weighted by molar-refractivity contribution is 0.102. The second-order valence-corrected chi connectivity index (χ2v) is 7.17. The van der Waals surface area contributed by atoms with Crippen LogP contribution in [0.4, 0.5) is 10.1 Å². The minimum Gasteiger partial charge on any atom is -0.497 e. The van der Waals surface area contributed by atoms with Gasteiger partial charge in [0.1, 0.15) is 17.3 Å².